The fourth-order valence-electron chi connectivity index (χ4n) is 1.28. The third kappa shape index (κ3) is 3.46. The van der Waals surface area contributed by atoms with Crippen molar-refractivity contribution in [1.29, 1.82) is 0 Å². The lowest BCUT2D eigenvalue weighted by Crippen LogP contribution is -2.15. The van der Waals surface area contributed by atoms with E-state index in [1.807, 2.05) is 0 Å². The van der Waals surface area contributed by atoms with Crippen molar-refractivity contribution in [3.05, 3.63) is 14.9 Å². The van der Waals surface area contributed by atoms with Crippen molar-refractivity contribution in [2.45, 2.75) is 20.8 Å². The maximum atomic E-state index is 11.8. The quantitative estimate of drug-likeness (QED) is 0.854. The van der Waals surface area contributed by atoms with Crippen LogP contribution < -0.4 is 5.32 Å². The van der Waals surface area contributed by atoms with Crippen LogP contribution in [0.4, 0.5) is 9.80 Å². The summed E-state index contributed by atoms with van der Waals surface area (Å²) in [4.78, 5) is 23.2. The van der Waals surface area contributed by atoms with Gasteiger partial charge in [-0.1, -0.05) is 0 Å². The molecule has 0 saturated heterocycles. The molecule has 0 spiro atoms. The molecular weight excluding hydrogens is 322 g/mol. The molecule has 18 heavy (non-hydrogen) atoms. The monoisotopic (exact) mass is 335 g/mol. The summed E-state index contributed by atoms with van der Waals surface area (Å²) in [5.41, 5.74) is 1.10. The van der Waals surface area contributed by atoms with E-state index < -0.39 is 12.1 Å². The number of hydrogen-bond donors (Lipinski definition) is 1. The lowest BCUT2D eigenvalue weighted by molar-refractivity contribution is 0.0527. The molecule has 1 heterocycles. The molecule has 0 aromatic carbocycles. The van der Waals surface area contributed by atoms with Gasteiger partial charge < -0.3 is 9.47 Å². The van der Waals surface area contributed by atoms with Gasteiger partial charge in [0.25, 0.3) is 0 Å². The second kappa shape index (κ2) is 6.75. The number of halogens is 1. The molecule has 0 fully saturated rings. The second-order valence-electron chi connectivity index (χ2n) is 3.27. The SMILES string of the molecule is CCOC(=O)Nc1sc(Br)c(C)c1C(=O)OCC. The van der Waals surface area contributed by atoms with Crippen molar-refractivity contribution in [2.24, 2.45) is 0 Å². The van der Waals surface area contributed by atoms with E-state index >= 15 is 0 Å². The second-order valence-corrected chi connectivity index (χ2v) is 5.61. The Bertz CT molecular complexity index is 458. The first-order valence-electron chi connectivity index (χ1n) is 5.41. The maximum absolute atomic E-state index is 11.8. The highest BCUT2D eigenvalue weighted by Crippen LogP contribution is 2.37. The number of hydrogen-bond acceptors (Lipinski definition) is 5. The number of ether oxygens (including phenoxy) is 2. The number of nitrogens with one attached hydrogen (secondary N) is 1. The molecule has 1 N–H and O–H groups in total. The smallest absolute Gasteiger partial charge is 0.412 e. The minimum absolute atomic E-state index is 0.270. The van der Waals surface area contributed by atoms with Gasteiger partial charge in [-0.15, -0.1) is 11.3 Å². The van der Waals surface area contributed by atoms with Crippen molar-refractivity contribution in [2.75, 3.05) is 18.5 Å². The van der Waals surface area contributed by atoms with Crippen LogP contribution in [0.5, 0.6) is 0 Å². The van der Waals surface area contributed by atoms with Crippen molar-refractivity contribution in [1.82, 2.24) is 0 Å². The van der Waals surface area contributed by atoms with Crippen LogP contribution in [0.1, 0.15) is 29.8 Å². The summed E-state index contributed by atoms with van der Waals surface area (Å²) in [5, 5.41) is 2.97. The summed E-state index contributed by atoms with van der Waals surface area (Å²) in [7, 11) is 0. The Kier molecular flexibility index (Phi) is 5.61. The Morgan fingerprint density at radius 3 is 2.44 bits per heavy atom. The fraction of sp³-hybridized carbons (Fsp3) is 0.455. The van der Waals surface area contributed by atoms with Crippen molar-refractivity contribution in [3.8, 4) is 0 Å². The molecule has 0 radical (unpaired) electrons. The Labute approximate surface area is 118 Å². The maximum Gasteiger partial charge on any atom is 0.412 e. The Morgan fingerprint density at radius 1 is 1.28 bits per heavy atom. The minimum Gasteiger partial charge on any atom is -0.462 e. The van der Waals surface area contributed by atoms with E-state index in [0.717, 1.165) is 9.35 Å². The van der Waals surface area contributed by atoms with Gasteiger partial charge in [0.05, 0.1) is 22.6 Å². The number of rotatable bonds is 4. The van der Waals surface area contributed by atoms with Crippen molar-refractivity contribution >= 4 is 44.3 Å². The van der Waals surface area contributed by atoms with E-state index in [0.29, 0.717) is 10.6 Å². The normalized spacial score (nSPS) is 10.0. The van der Waals surface area contributed by atoms with Crippen LogP contribution in [0, 0.1) is 6.92 Å². The molecular formula is C11H14BrNO4S. The standard InChI is InChI=1S/C11H14BrNO4S/c1-4-16-10(14)7-6(3)8(12)18-9(7)13-11(15)17-5-2/h4-5H2,1-3H3,(H,13,15). The number of carbonyl (C=O) groups is 2. The van der Waals surface area contributed by atoms with Gasteiger partial charge in [-0.05, 0) is 42.3 Å². The molecule has 1 amide bonds. The highest BCUT2D eigenvalue weighted by atomic mass is 79.9. The zero-order valence-corrected chi connectivity index (χ0v) is 12.7. The van der Waals surface area contributed by atoms with Crippen molar-refractivity contribution in [3.63, 3.8) is 0 Å². The summed E-state index contributed by atoms with van der Waals surface area (Å²) in [5.74, 6) is -0.455. The number of anilines is 1. The summed E-state index contributed by atoms with van der Waals surface area (Å²) in [6.07, 6.45) is -0.586. The van der Waals surface area contributed by atoms with Gasteiger partial charge >= 0.3 is 12.1 Å². The molecule has 1 rings (SSSR count). The number of carbonyl (C=O) groups excluding carboxylic acids is 2. The van der Waals surface area contributed by atoms with E-state index in [-0.39, 0.29) is 13.2 Å². The molecule has 5 nitrogen and oxygen atoms in total. The molecule has 1 aromatic heterocycles. The highest BCUT2D eigenvalue weighted by Gasteiger charge is 2.22. The Hall–Kier alpha value is -1.08. The van der Waals surface area contributed by atoms with Crippen LogP contribution in [0.15, 0.2) is 3.79 Å². The molecule has 100 valence electrons. The van der Waals surface area contributed by atoms with Crippen LogP contribution in [0.2, 0.25) is 0 Å². The third-order valence-corrected chi connectivity index (χ3v) is 4.14. The molecule has 7 heteroatoms. The number of thiophene rings is 1. The van der Waals surface area contributed by atoms with Crippen molar-refractivity contribution < 1.29 is 19.1 Å². The molecule has 0 aliphatic carbocycles. The van der Waals surface area contributed by atoms with Gasteiger partial charge in [-0.2, -0.15) is 0 Å². The molecule has 0 unspecified atom stereocenters. The molecule has 1 aromatic rings. The zero-order chi connectivity index (χ0) is 13.7. The van der Waals surface area contributed by atoms with Gasteiger partial charge in [-0.25, -0.2) is 9.59 Å². The largest absolute Gasteiger partial charge is 0.462 e. The number of esters is 1. The van der Waals surface area contributed by atoms with E-state index in [4.69, 9.17) is 9.47 Å². The lowest BCUT2D eigenvalue weighted by Gasteiger charge is -2.06. The average Bonchev–Trinajstić information content (AvgIpc) is 2.55. The minimum atomic E-state index is -0.586. The third-order valence-electron chi connectivity index (χ3n) is 2.06. The fourth-order valence-corrected chi connectivity index (χ4v) is 2.87. The first-order valence-corrected chi connectivity index (χ1v) is 7.01. The first kappa shape index (κ1) is 15.0. The van der Waals surface area contributed by atoms with Gasteiger partial charge in [0.15, 0.2) is 0 Å². The highest BCUT2D eigenvalue weighted by molar-refractivity contribution is 9.11. The molecule has 0 aliphatic rings. The summed E-state index contributed by atoms with van der Waals surface area (Å²) >= 11 is 4.59. The molecule has 0 atom stereocenters. The van der Waals surface area contributed by atoms with Crippen LogP contribution in [-0.4, -0.2) is 25.3 Å². The Morgan fingerprint density at radius 2 is 1.89 bits per heavy atom. The molecule has 0 saturated carbocycles. The Balaban J connectivity index is 3.00. The van der Waals surface area contributed by atoms with Crippen LogP contribution in [0.3, 0.4) is 0 Å². The van der Waals surface area contributed by atoms with E-state index in [1.54, 1.807) is 20.8 Å². The van der Waals surface area contributed by atoms with Gasteiger partial charge in [0, 0.05) is 0 Å². The molecule has 0 bridgehead atoms. The van der Waals surface area contributed by atoms with E-state index in [2.05, 4.69) is 21.2 Å². The van der Waals surface area contributed by atoms with Crippen LogP contribution in [-0.2, 0) is 9.47 Å². The first-order chi connectivity index (χ1) is 8.51. The van der Waals surface area contributed by atoms with Gasteiger partial charge in [0.1, 0.15) is 5.00 Å². The lowest BCUT2D eigenvalue weighted by atomic mass is 10.2. The predicted octanol–water partition coefficient (Wildman–Crippen LogP) is 3.56. The summed E-state index contributed by atoms with van der Waals surface area (Å²) in [6.45, 7) is 5.77. The van der Waals surface area contributed by atoms with Crippen LogP contribution >= 0.6 is 27.3 Å². The molecule has 0 aliphatic heterocycles. The predicted molar refractivity (Wildman–Crippen MR) is 73.4 cm³/mol. The average molecular weight is 336 g/mol. The van der Waals surface area contributed by atoms with Crippen LogP contribution in [0.25, 0.3) is 0 Å². The van der Waals surface area contributed by atoms with Gasteiger partial charge in [-0.3, -0.25) is 5.32 Å². The number of amides is 1. The summed E-state index contributed by atoms with van der Waals surface area (Å²) < 4.78 is 10.5. The zero-order valence-electron chi connectivity index (χ0n) is 10.3. The van der Waals surface area contributed by atoms with Gasteiger partial charge in [0.2, 0.25) is 0 Å². The topological polar surface area (TPSA) is 64.6 Å². The summed E-state index contributed by atoms with van der Waals surface area (Å²) in [6, 6.07) is 0. The van der Waals surface area contributed by atoms with E-state index in [1.165, 1.54) is 11.3 Å². The van der Waals surface area contributed by atoms with E-state index in [9.17, 15) is 9.59 Å².